The summed E-state index contributed by atoms with van der Waals surface area (Å²) in [5.74, 6) is -1.27. The molecule has 0 bridgehead atoms. The Labute approximate surface area is 206 Å². The van der Waals surface area contributed by atoms with Crippen molar-refractivity contribution >= 4 is 22.6 Å². The number of hydrogen-bond donors (Lipinski definition) is 2. The van der Waals surface area contributed by atoms with E-state index in [4.69, 9.17) is 4.42 Å². The fraction of sp³-hybridized carbons (Fsp3) is 0.231. The zero-order chi connectivity index (χ0) is 27.1. The minimum absolute atomic E-state index is 0.0162. The molecule has 11 heteroatoms. The Morgan fingerprint density at radius 3 is 2.32 bits per heavy atom. The molecule has 37 heavy (non-hydrogen) atoms. The minimum Gasteiger partial charge on any atom is -0.478 e. The van der Waals surface area contributed by atoms with Crippen molar-refractivity contribution in [2.75, 3.05) is 18.7 Å². The SMILES string of the molecule is Cc1cc2c(-c3ccccc3C(=O)O)c3cc(C)c(=NC(F)(F)CF)cc-3oc2cc1NC(F)(F)CF. The van der Waals surface area contributed by atoms with Gasteiger partial charge >= 0.3 is 18.1 Å². The highest BCUT2D eigenvalue weighted by Crippen LogP contribution is 2.43. The molecular formula is C26H20F6N2O3. The standard InChI is InChI=1S/C26H20F6N2O3/c1-13-7-17-21(9-19(13)33-25(29,30)11-27)37-22-10-20(34-26(31,32)12-28)14(2)8-18(22)23(17)15-5-3-4-6-16(15)24(35)36/h3-10,33H,11-12H2,1-2H3,(H,35,36). The van der Waals surface area contributed by atoms with Gasteiger partial charge in [0, 0.05) is 34.3 Å². The number of nitrogens with zero attached hydrogens (tertiary/aromatic N) is 1. The summed E-state index contributed by atoms with van der Waals surface area (Å²) in [6.07, 6.45) is 0. The minimum atomic E-state index is -3.99. The lowest BCUT2D eigenvalue weighted by Crippen LogP contribution is -2.30. The fourth-order valence-corrected chi connectivity index (χ4v) is 4.06. The van der Waals surface area contributed by atoms with E-state index in [2.05, 4.69) is 4.99 Å². The second kappa shape index (κ2) is 9.45. The number of hydrogen-bond acceptors (Lipinski definition) is 4. The van der Waals surface area contributed by atoms with Crippen LogP contribution < -0.4 is 10.7 Å². The largest absolute Gasteiger partial charge is 0.478 e. The Morgan fingerprint density at radius 1 is 0.973 bits per heavy atom. The molecule has 0 aromatic heterocycles. The van der Waals surface area contributed by atoms with Gasteiger partial charge in [-0.2, -0.15) is 17.6 Å². The maximum atomic E-state index is 13.8. The Morgan fingerprint density at radius 2 is 1.68 bits per heavy atom. The van der Waals surface area contributed by atoms with Crippen molar-refractivity contribution in [3.63, 3.8) is 0 Å². The molecule has 0 radical (unpaired) electrons. The van der Waals surface area contributed by atoms with Crippen LogP contribution in [0.25, 0.3) is 33.4 Å². The lowest BCUT2D eigenvalue weighted by molar-refractivity contribution is -0.0169. The van der Waals surface area contributed by atoms with Crippen LogP contribution in [0.5, 0.6) is 0 Å². The molecule has 5 nitrogen and oxygen atoms in total. The highest BCUT2D eigenvalue weighted by atomic mass is 19.3. The third-order valence-electron chi connectivity index (χ3n) is 5.74. The van der Waals surface area contributed by atoms with Gasteiger partial charge in [-0.1, -0.05) is 18.2 Å². The topological polar surface area (TPSA) is 74.8 Å². The van der Waals surface area contributed by atoms with E-state index in [0.717, 1.165) is 6.07 Å². The van der Waals surface area contributed by atoms with E-state index in [1.165, 1.54) is 44.2 Å². The van der Waals surface area contributed by atoms with E-state index in [1.807, 2.05) is 0 Å². The molecular weight excluding hydrogens is 502 g/mol. The number of benzene rings is 3. The summed E-state index contributed by atoms with van der Waals surface area (Å²) < 4.78 is 86.3. The van der Waals surface area contributed by atoms with Gasteiger partial charge < -0.3 is 14.8 Å². The molecule has 2 aliphatic rings. The van der Waals surface area contributed by atoms with Gasteiger partial charge in [0.1, 0.15) is 11.3 Å². The normalized spacial score (nSPS) is 12.9. The molecule has 2 aromatic carbocycles. The van der Waals surface area contributed by atoms with Crippen molar-refractivity contribution in [2.45, 2.75) is 25.9 Å². The van der Waals surface area contributed by atoms with Crippen LogP contribution in [0.2, 0.25) is 0 Å². The van der Waals surface area contributed by atoms with Gasteiger partial charge in [-0.25, -0.2) is 18.6 Å². The first-order chi connectivity index (χ1) is 17.4. The predicted octanol–water partition coefficient (Wildman–Crippen LogP) is 6.96. The number of aromatic carboxylic acids is 1. The van der Waals surface area contributed by atoms with Gasteiger partial charge in [0.2, 0.25) is 0 Å². The molecule has 194 valence electrons. The van der Waals surface area contributed by atoms with Crippen molar-refractivity contribution < 1.29 is 40.7 Å². The zero-order valence-electron chi connectivity index (χ0n) is 19.5. The van der Waals surface area contributed by atoms with Crippen LogP contribution in [-0.4, -0.2) is 36.5 Å². The Hall–Kier alpha value is -4.02. The van der Waals surface area contributed by atoms with Gasteiger partial charge in [0.15, 0.2) is 13.3 Å². The van der Waals surface area contributed by atoms with E-state index >= 15 is 0 Å². The maximum Gasteiger partial charge on any atom is 0.370 e. The number of rotatable bonds is 7. The predicted molar refractivity (Wildman–Crippen MR) is 126 cm³/mol. The molecule has 0 fully saturated rings. The lowest BCUT2D eigenvalue weighted by atomic mass is 9.89. The number of carbonyl (C=O) groups is 1. The van der Waals surface area contributed by atoms with Crippen LogP contribution in [0, 0.1) is 13.8 Å². The first-order valence-corrected chi connectivity index (χ1v) is 10.9. The smallest absolute Gasteiger partial charge is 0.370 e. The van der Waals surface area contributed by atoms with Crippen LogP contribution >= 0.6 is 0 Å². The molecule has 0 saturated heterocycles. The van der Waals surface area contributed by atoms with Gasteiger partial charge in [-0.15, -0.1) is 0 Å². The van der Waals surface area contributed by atoms with Crippen molar-refractivity contribution in [3.05, 3.63) is 70.6 Å². The van der Waals surface area contributed by atoms with Gasteiger partial charge in [0.25, 0.3) is 0 Å². The van der Waals surface area contributed by atoms with E-state index < -0.39 is 31.4 Å². The van der Waals surface area contributed by atoms with Crippen LogP contribution in [0.1, 0.15) is 21.5 Å². The van der Waals surface area contributed by atoms with Gasteiger partial charge in [-0.3, -0.25) is 0 Å². The summed E-state index contributed by atoms with van der Waals surface area (Å²) in [5, 5.41) is 11.7. The Bertz CT molecular complexity index is 1550. The summed E-state index contributed by atoms with van der Waals surface area (Å²) >= 11 is 0. The Balaban J connectivity index is 2.14. The maximum absolute atomic E-state index is 13.8. The quantitative estimate of drug-likeness (QED) is 0.156. The van der Waals surface area contributed by atoms with Crippen molar-refractivity contribution in [1.82, 2.24) is 0 Å². The number of alkyl halides is 6. The van der Waals surface area contributed by atoms with E-state index in [9.17, 15) is 36.2 Å². The molecule has 0 spiro atoms. The van der Waals surface area contributed by atoms with Crippen molar-refractivity contribution in [1.29, 1.82) is 0 Å². The van der Waals surface area contributed by atoms with Crippen LogP contribution in [-0.2, 0) is 0 Å². The third kappa shape index (κ3) is 5.11. The number of anilines is 1. The second-order valence-electron chi connectivity index (χ2n) is 8.50. The first-order valence-electron chi connectivity index (χ1n) is 10.9. The van der Waals surface area contributed by atoms with Crippen molar-refractivity contribution in [3.8, 4) is 22.5 Å². The van der Waals surface area contributed by atoms with Gasteiger partial charge in [0.05, 0.1) is 10.9 Å². The summed E-state index contributed by atoms with van der Waals surface area (Å²) in [6.45, 7) is -1.02. The van der Waals surface area contributed by atoms with E-state index in [-0.39, 0.29) is 44.6 Å². The third-order valence-corrected chi connectivity index (χ3v) is 5.74. The molecule has 4 rings (SSSR count). The Kier molecular flexibility index (Phi) is 6.66. The molecule has 0 atom stereocenters. The number of carboxylic acids is 1. The number of carboxylic acid groups (broad SMARTS) is 1. The van der Waals surface area contributed by atoms with Crippen LogP contribution in [0.3, 0.4) is 0 Å². The molecule has 1 aliphatic carbocycles. The summed E-state index contributed by atoms with van der Waals surface area (Å²) in [4.78, 5) is 15.2. The number of halogens is 6. The molecule has 1 aliphatic heterocycles. The average molecular weight is 522 g/mol. The first kappa shape index (κ1) is 26.1. The molecule has 2 N–H and O–H groups in total. The molecule has 2 aromatic rings. The molecule has 0 saturated carbocycles. The van der Waals surface area contributed by atoms with E-state index in [1.54, 1.807) is 17.4 Å². The molecule has 0 amide bonds. The summed E-state index contributed by atoms with van der Waals surface area (Å²) in [5.41, 5.74) is 1.21. The second-order valence-corrected chi connectivity index (χ2v) is 8.50. The van der Waals surface area contributed by atoms with Crippen LogP contribution in [0.4, 0.5) is 32.0 Å². The van der Waals surface area contributed by atoms with Crippen molar-refractivity contribution in [2.24, 2.45) is 4.99 Å². The fourth-order valence-electron chi connectivity index (χ4n) is 4.06. The summed E-state index contributed by atoms with van der Waals surface area (Å²) in [6, 6.07) is 3.47. The number of nitrogens with one attached hydrogen (secondary N) is 1. The van der Waals surface area contributed by atoms with E-state index in [0.29, 0.717) is 16.5 Å². The number of fused-ring (bicyclic) bond motifs is 2. The summed E-state index contributed by atoms with van der Waals surface area (Å²) in [7, 11) is 0. The average Bonchev–Trinajstić information content (AvgIpc) is 2.84. The highest BCUT2D eigenvalue weighted by molar-refractivity contribution is 6.08. The lowest BCUT2D eigenvalue weighted by Gasteiger charge is -2.21. The molecule has 1 heterocycles. The highest BCUT2D eigenvalue weighted by Gasteiger charge is 2.30. The monoisotopic (exact) mass is 522 g/mol. The van der Waals surface area contributed by atoms with Gasteiger partial charge in [-0.05, 0) is 48.7 Å². The van der Waals surface area contributed by atoms with Crippen LogP contribution in [0.15, 0.2) is 57.9 Å². The molecule has 0 unspecified atom stereocenters. The number of aryl methyl sites for hydroxylation is 2. The zero-order valence-corrected chi connectivity index (χ0v) is 19.5.